The van der Waals surface area contributed by atoms with E-state index in [1.54, 1.807) is 4.90 Å². The van der Waals surface area contributed by atoms with Gasteiger partial charge in [-0.05, 0) is 53.4 Å². The van der Waals surface area contributed by atoms with Crippen LogP contribution in [0.15, 0.2) is 36.4 Å². The van der Waals surface area contributed by atoms with E-state index in [2.05, 4.69) is 5.32 Å². The van der Waals surface area contributed by atoms with Crippen molar-refractivity contribution in [3.8, 4) is 0 Å². The number of fused-ring (bicyclic) bond motifs is 2. The molecule has 3 heterocycles. The molecule has 3 nitrogen and oxygen atoms in total. The zero-order valence-electron chi connectivity index (χ0n) is 15.5. The second kappa shape index (κ2) is 6.51. The van der Waals surface area contributed by atoms with Crippen LogP contribution in [0.5, 0.6) is 0 Å². The number of rotatable bonds is 2. The molecule has 2 aromatic rings. The minimum Gasteiger partial charge on any atom is -0.370 e. The van der Waals surface area contributed by atoms with E-state index in [1.807, 2.05) is 18.2 Å². The van der Waals surface area contributed by atoms with Crippen molar-refractivity contribution in [3.63, 3.8) is 0 Å². The zero-order chi connectivity index (χ0) is 20.4. The fraction of sp³-hybridized carbons (Fsp3) is 0.429. The molecule has 0 bridgehead atoms. The maximum atomic E-state index is 14.3. The van der Waals surface area contributed by atoms with Gasteiger partial charge in [0.1, 0.15) is 11.0 Å². The van der Waals surface area contributed by atoms with Gasteiger partial charge in [-0.1, -0.05) is 29.3 Å². The Morgan fingerprint density at radius 3 is 2.38 bits per heavy atom. The highest BCUT2D eigenvalue weighted by Crippen LogP contribution is 2.50. The van der Waals surface area contributed by atoms with Gasteiger partial charge in [-0.25, -0.2) is 0 Å². The summed E-state index contributed by atoms with van der Waals surface area (Å²) in [7, 11) is 0. The molecule has 1 spiro atoms. The highest BCUT2D eigenvalue weighted by molar-refractivity contribution is 6.34. The van der Waals surface area contributed by atoms with Crippen molar-refractivity contribution in [2.75, 3.05) is 31.1 Å². The Balaban J connectivity index is 1.49. The molecule has 3 aliphatic heterocycles. The number of nitrogens with one attached hydrogen (secondary N) is 1. The lowest BCUT2D eigenvalue weighted by Gasteiger charge is -2.39. The molecule has 0 radical (unpaired) electrons. The van der Waals surface area contributed by atoms with Crippen LogP contribution < -0.4 is 10.2 Å². The van der Waals surface area contributed by atoms with E-state index in [0.29, 0.717) is 13.2 Å². The number of hydrogen-bond donors (Lipinski definition) is 1. The third-order valence-electron chi connectivity index (χ3n) is 6.50. The monoisotopic (exact) mass is 442 g/mol. The highest BCUT2D eigenvalue weighted by Gasteiger charge is 2.59. The predicted octanol–water partition coefficient (Wildman–Crippen LogP) is 5.03. The Bertz CT molecular complexity index is 957. The number of ether oxygens (including phenoxy) is 1. The molecule has 3 aliphatic rings. The van der Waals surface area contributed by atoms with Crippen LogP contribution in [0.25, 0.3) is 0 Å². The maximum absolute atomic E-state index is 14.3. The SMILES string of the molecule is FC(F)(F)C1(c2cc(Cl)cc(Cl)c2)CCN(c2ccc3c(c2)COC32CNC2)C1. The van der Waals surface area contributed by atoms with Gasteiger partial charge >= 0.3 is 6.18 Å². The van der Waals surface area contributed by atoms with Crippen LogP contribution in [-0.4, -0.2) is 32.4 Å². The van der Waals surface area contributed by atoms with Crippen LogP contribution in [0.2, 0.25) is 10.0 Å². The Kier molecular flexibility index (Phi) is 4.38. The zero-order valence-corrected chi connectivity index (χ0v) is 17.0. The molecule has 2 aromatic carbocycles. The van der Waals surface area contributed by atoms with E-state index in [9.17, 15) is 13.2 Å². The number of anilines is 1. The Hall–Kier alpha value is -1.47. The summed E-state index contributed by atoms with van der Waals surface area (Å²) >= 11 is 12.0. The van der Waals surface area contributed by atoms with Gasteiger partial charge in [0.25, 0.3) is 0 Å². The van der Waals surface area contributed by atoms with Crippen molar-refractivity contribution in [3.05, 3.63) is 63.1 Å². The van der Waals surface area contributed by atoms with Crippen molar-refractivity contribution < 1.29 is 17.9 Å². The first-order chi connectivity index (χ1) is 13.7. The first-order valence-electron chi connectivity index (χ1n) is 9.49. The normalized spacial score (nSPS) is 25.3. The van der Waals surface area contributed by atoms with E-state index in [4.69, 9.17) is 27.9 Å². The van der Waals surface area contributed by atoms with Crippen molar-refractivity contribution in [1.29, 1.82) is 0 Å². The lowest BCUT2D eigenvalue weighted by atomic mass is 9.79. The van der Waals surface area contributed by atoms with Crippen LogP contribution >= 0.6 is 23.2 Å². The van der Waals surface area contributed by atoms with Crippen molar-refractivity contribution in [2.45, 2.75) is 30.2 Å². The molecule has 0 saturated carbocycles. The second-order valence-electron chi connectivity index (χ2n) is 8.14. The van der Waals surface area contributed by atoms with Gasteiger partial charge < -0.3 is 15.0 Å². The molecular formula is C21H19Cl2F3N2O. The third-order valence-corrected chi connectivity index (χ3v) is 6.93. The van der Waals surface area contributed by atoms with Crippen molar-refractivity contribution in [2.24, 2.45) is 0 Å². The summed E-state index contributed by atoms with van der Waals surface area (Å²) in [5.41, 5.74) is 0.842. The molecule has 1 atom stereocenters. The Labute approximate surface area is 176 Å². The summed E-state index contributed by atoms with van der Waals surface area (Å²) in [6.45, 7) is 2.17. The molecule has 1 unspecified atom stereocenters. The number of halogens is 5. The second-order valence-corrected chi connectivity index (χ2v) is 9.01. The molecule has 2 saturated heterocycles. The largest absolute Gasteiger partial charge is 0.400 e. The van der Waals surface area contributed by atoms with Gasteiger partial charge in [0, 0.05) is 41.9 Å². The van der Waals surface area contributed by atoms with E-state index < -0.39 is 11.6 Å². The van der Waals surface area contributed by atoms with Gasteiger partial charge in [-0.15, -0.1) is 0 Å². The van der Waals surface area contributed by atoms with E-state index >= 15 is 0 Å². The van der Waals surface area contributed by atoms with Gasteiger partial charge in [0.15, 0.2) is 0 Å². The average molecular weight is 443 g/mol. The lowest BCUT2D eigenvalue weighted by molar-refractivity contribution is -0.184. The standard InChI is InChI=1S/C21H19Cl2F3N2O/c22-15-6-14(7-16(23)8-15)19(21(24,25)26)3-4-28(12-19)17-1-2-18-13(5-17)9-29-20(18)10-27-11-20/h1-2,5-8,27H,3-4,9-12H2. The summed E-state index contributed by atoms with van der Waals surface area (Å²) < 4.78 is 48.8. The Morgan fingerprint density at radius 1 is 1.03 bits per heavy atom. The fourth-order valence-electron chi connectivity index (χ4n) is 4.77. The molecule has 2 fully saturated rings. The molecule has 29 heavy (non-hydrogen) atoms. The molecule has 0 aliphatic carbocycles. The number of benzene rings is 2. The summed E-state index contributed by atoms with van der Waals surface area (Å²) in [5.74, 6) is 0. The molecule has 1 N–H and O–H groups in total. The van der Waals surface area contributed by atoms with Gasteiger partial charge in [0.2, 0.25) is 0 Å². The minimum absolute atomic E-state index is 0.0470. The third kappa shape index (κ3) is 2.95. The summed E-state index contributed by atoms with van der Waals surface area (Å²) in [6.07, 6.45) is -4.47. The smallest absolute Gasteiger partial charge is 0.370 e. The van der Waals surface area contributed by atoms with Gasteiger partial charge in [0.05, 0.1) is 6.61 Å². The van der Waals surface area contributed by atoms with Crippen LogP contribution in [0.4, 0.5) is 18.9 Å². The summed E-state index contributed by atoms with van der Waals surface area (Å²) in [6, 6.07) is 10.1. The first kappa shape index (κ1) is 19.5. The van der Waals surface area contributed by atoms with Gasteiger partial charge in [-0.2, -0.15) is 13.2 Å². The summed E-state index contributed by atoms with van der Waals surface area (Å²) in [4.78, 5) is 1.80. The van der Waals surface area contributed by atoms with E-state index in [1.165, 1.54) is 18.2 Å². The predicted molar refractivity (Wildman–Crippen MR) is 107 cm³/mol. The molecule has 154 valence electrons. The van der Waals surface area contributed by atoms with E-state index in [-0.39, 0.29) is 34.2 Å². The molecule has 0 amide bonds. The highest BCUT2D eigenvalue weighted by atomic mass is 35.5. The number of alkyl halides is 3. The quantitative estimate of drug-likeness (QED) is 0.705. The molecule has 8 heteroatoms. The number of hydrogen-bond acceptors (Lipinski definition) is 3. The Morgan fingerprint density at radius 2 is 1.76 bits per heavy atom. The van der Waals surface area contributed by atoms with Crippen molar-refractivity contribution >= 4 is 28.9 Å². The van der Waals surface area contributed by atoms with Gasteiger partial charge in [-0.3, -0.25) is 0 Å². The van der Waals surface area contributed by atoms with Crippen LogP contribution in [0.1, 0.15) is 23.1 Å². The average Bonchev–Trinajstić information content (AvgIpc) is 3.23. The molecular weight excluding hydrogens is 424 g/mol. The molecule has 0 aromatic heterocycles. The number of nitrogens with zero attached hydrogens (tertiary/aromatic N) is 1. The minimum atomic E-state index is -4.42. The lowest BCUT2D eigenvalue weighted by Crippen LogP contribution is -2.56. The van der Waals surface area contributed by atoms with Crippen LogP contribution in [0.3, 0.4) is 0 Å². The molecule has 5 rings (SSSR count). The first-order valence-corrected chi connectivity index (χ1v) is 10.2. The summed E-state index contributed by atoms with van der Waals surface area (Å²) in [5, 5.41) is 3.65. The maximum Gasteiger partial charge on any atom is 0.400 e. The van der Waals surface area contributed by atoms with Crippen molar-refractivity contribution in [1.82, 2.24) is 5.32 Å². The van der Waals surface area contributed by atoms with Crippen LogP contribution in [0, 0.1) is 0 Å². The topological polar surface area (TPSA) is 24.5 Å². The van der Waals surface area contributed by atoms with E-state index in [0.717, 1.165) is 29.9 Å². The fourth-order valence-corrected chi connectivity index (χ4v) is 5.30. The van der Waals surface area contributed by atoms with Crippen LogP contribution in [-0.2, 0) is 22.4 Å².